The lowest BCUT2D eigenvalue weighted by Crippen LogP contribution is -2.20. The first-order chi connectivity index (χ1) is 9.56. The SMILES string of the molecule is Cc1ccc(Cl)c(OC[C@H](O)CSc2nnnn2C)c1. The van der Waals surface area contributed by atoms with E-state index in [1.165, 1.54) is 11.8 Å². The van der Waals surface area contributed by atoms with Crippen molar-refractivity contribution < 1.29 is 9.84 Å². The fourth-order valence-corrected chi connectivity index (χ4v) is 2.40. The second kappa shape index (κ2) is 6.92. The highest BCUT2D eigenvalue weighted by molar-refractivity contribution is 7.99. The predicted octanol–water partition coefficient (Wildman–Crippen LogP) is 1.70. The number of rotatable bonds is 6. The Bertz CT molecular complexity index is 578. The number of benzene rings is 1. The van der Waals surface area contributed by atoms with Crippen molar-refractivity contribution in [2.24, 2.45) is 7.05 Å². The minimum absolute atomic E-state index is 0.168. The van der Waals surface area contributed by atoms with Crippen LogP contribution in [0.2, 0.25) is 5.02 Å². The maximum absolute atomic E-state index is 9.89. The van der Waals surface area contributed by atoms with Gasteiger partial charge in [-0.1, -0.05) is 29.4 Å². The maximum Gasteiger partial charge on any atom is 0.209 e. The van der Waals surface area contributed by atoms with Crippen LogP contribution in [0, 0.1) is 6.92 Å². The zero-order chi connectivity index (χ0) is 14.5. The molecule has 0 aliphatic heterocycles. The Labute approximate surface area is 126 Å². The van der Waals surface area contributed by atoms with Crippen molar-refractivity contribution in [1.82, 2.24) is 20.2 Å². The average Bonchev–Trinajstić information content (AvgIpc) is 2.83. The Morgan fingerprint density at radius 2 is 2.30 bits per heavy atom. The van der Waals surface area contributed by atoms with Gasteiger partial charge in [-0.2, -0.15) is 0 Å². The molecule has 2 rings (SSSR count). The van der Waals surface area contributed by atoms with Crippen molar-refractivity contribution >= 4 is 23.4 Å². The molecular formula is C12H15ClN4O2S. The van der Waals surface area contributed by atoms with Gasteiger partial charge in [0.15, 0.2) is 0 Å². The van der Waals surface area contributed by atoms with E-state index in [4.69, 9.17) is 16.3 Å². The molecule has 0 radical (unpaired) electrons. The molecule has 1 N–H and O–H groups in total. The summed E-state index contributed by atoms with van der Waals surface area (Å²) in [7, 11) is 1.75. The molecule has 108 valence electrons. The summed E-state index contributed by atoms with van der Waals surface area (Å²) in [5, 5.41) is 22.1. The lowest BCUT2D eigenvalue weighted by molar-refractivity contribution is 0.126. The van der Waals surface area contributed by atoms with Crippen molar-refractivity contribution in [3.63, 3.8) is 0 Å². The zero-order valence-electron chi connectivity index (χ0n) is 11.2. The monoisotopic (exact) mass is 314 g/mol. The lowest BCUT2D eigenvalue weighted by Gasteiger charge is -2.13. The van der Waals surface area contributed by atoms with E-state index < -0.39 is 6.10 Å². The Morgan fingerprint density at radius 3 is 3.00 bits per heavy atom. The fourth-order valence-electron chi connectivity index (χ4n) is 1.47. The minimum Gasteiger partial charge on any atom is -0.489 e. The number of aliphatic hydroxyl groups excluding tert-OH is 1. The summed E-state index contributed by atoms with van der Waals surface area (Å²) < 4.78 is 7.08. The molecule has 0 saturated heterocycles. The van der Waals surface area contributed by atoms with Crippen molar-refractivity contribution in [3.8, 4) is 5.75 Å². The minimum atomic E-state index is -0.631. The van der Waals surface area contributed by atoms with Crippen LogP contribution in [0.25, 0.3) is 0 Å². The third-order valence-electron chi connectivity index (χ3n) is 2.50. The topological polar surface area (TPSA) is 73.1 Å². The molecule has 1 atom stereocenters. The van der Waals surface area contributed by atoms with Crippen molar-refractivity contribution in [2.45, 2.75) is 18.2 Å². The standard InChI is InChI=1S/C12H15ClN4O2S/c1-8-3-4-10(13)11(5-8)19-6-9(18)7-20-12-14-15-16-17(12)2/h3-5,9,18H,6-7H2,1-2H3/t9-/m0/s1. The predicted molar refractivity (Wildman–Crippen MR) is 77.2 cm³/mol. The van der Waals surface area contributed by atoms with Gasteiger partial charge in [0.2, 0.25) is 5.16 Å². The van der Waals surface area contributed by atoms with Crippen molar-refractivity contribution in [3.05, 3.63) is 28.8 Å². The second-order valence-electron chi connectivity index (χ2n) is 4.29. The summed E-state index contributed by atoms with van der Waals surface area (Å²) in [5.74, 6) is 1.02. The number of nitrogens with zero attached hydrogens (tertiary/aromatic N) is 4. The molecule has 8 heteroatoms. The largest absolute Gasteiger partial charge is 0.489 e. The summed E-state index contributed by atoms with van der Waals surface area (Å²) in [5.41, 5.74) is 1.05. The molecule has 0 amide bonds. The fraction of sp³-hybridized carbons (Fsp3) is 0.417. The Hall–Kier alpha value is -1.31. The molecule has 1 heterocycles. The van der Waals surface area contributed by atoms with E-state index in [9.17, 15) is 5.11 Å². The van der Waals surface area contributed by atoms with Crippen LogP contribution in [0.1, 0.15) is 5.56 Å². The number of tetrazole rings is 1. The van der Waals surface area contributed by atoms with Gasteiger partial charge in [0.25, 0.3) is 0 Å². The third kappa shape index (κ3) is 4.09. The molecule has 0 fully saturated rings. The maximum atomic E-state index is 9.89. The van der Waals surface area contributed by atoms with Gasteiger partial charge in [-0.25, -0.2) is 4.68 Å². The highest BCUT2D eigenvalue weighted by atomic mass is 35.5. The average molecular weight is 315 g/mol. The third-order valence-corrected chi connectivity index (χ3v) is 3.97. The van der Waals surface area contributed by atoms with Gasteiger partial charge in [0, 0.05) is 12.8 Å². The first-order valence-corrected chi connectivity index (χ1v) is 7.35. The number of aryl methyl sites for hydroxylation is 2. The number of halogens is 1. The van der Waals surface area contributed by atoms with E-state index in [2.05, 4.69) is 15.5 Å². The van der Waals surface area contributed by atoms with Gasteiger partial charge >= 0.3 is 0 Å². The second-order valence-corrected chi connectivity index (χ2v) is 5.69. The van der Waals surface area contributed by atoms with Crippen LogP contribution in [0.4, 0.5) is 0 Å². The van der Waals surface area contributed by atoms with E-state index in [1.54, 1.807) is 17.8 Å². The van der Waals surface area contributed by atoms with E-state index in [-0.39, 0.29) is 6.61 Å². The summed E-state index contributed by atoms with van der Waals surface area (Å²) >= 11 is 7.39. The summed E-state index contributed by atoms with van der Waals surface area (Å²) in [6.07, 6.45) is -0.631. The zero-order valence-corrected chi connectivity index (χ0v) is 12.7. The molecule has 1 aromatic carbocycles. The lowest BCUT2D eigenvalue weighted by atomic mass is 10.2. The Morgan fingerprint density at radius 1 is 1.50 bits per heavy atom. The van der Waals surface area contributed by atoms with Gasteiger partial charge < -0.3 is 9.84 Å². The van der Waals surface area contributed by atoms with Crippen LogP contribution in [0.3, 0.4) is 0 Å². The normalized spacial score (nSPS) is 12.4. The molecular weight excluding hydrogens is 300 g/mol. The van der Waals surface area contributed by atoms with E-state index >= 15 is 0 Å². The van der Waals surface area contributed by atoms with Crippen LogP contribution in [-0.2, 0) is 7.05 Å². The smallest absolute Gasteiger partial charge is 0.209 e. The molecule has 20 heavy (non-hydrogen) atoms. The molecule has 2 aromatic rings. The van der Waals surface area contributed by atoms with Gasteiger partial charge in [-0.3, -0.25) is 0 Å². The summed E-state index contributed by atoms with van der Waals surface area (Å²) in [4.78, 5) is 0. The van der Waals surface area contributed by atoms with Gasteiger partial charge in [0.1, 0.15) is 12.4 Å². The quantitative estimate of drug-likeness (QED) is 0.818. The summed E-state index contributed by atoms with van der Waals surface area (Å²) in [6, 6.07) is 5.52. The van der Waals surface area contributed by atoms with Crippen molar-refractivity contribution in [2.75, 3.05) is 12.4 Å². The molecule has 0 bridgehead atoms. The van der Waals surface area contributed by atoms with E-state index in [1.807, 2.05) is 19.1 Å². The number of thioether (sulfide) groups is 1. The van der Waals surface area contributed by atoms with E-state index in [0.717, 1.165) is 5.56 Å². The van der Waals surface area contributed by atoms with Gasteiger partial charge in [0.05, 0.1) is 11.1 Å². The molecule has 6 nitrogen and oxygen atoms in total. The molecule has 0 unspecified atom stereocenters. The van der Waals surface area contributed by atoms with Crippen LogP contribution in [-0.4, -0.2) is 43.8 Å². The molecule has 1 aromatic heterocycles. The number of ether oxygens (including phenoxy) is 1. The van der Waals surface area contributed by atoms with Gasteiger partial charge in [-0.05, 0) is 35.0 Å². The first-order valence-electron chi connectivity index (χ1n) is 5.98. The molecule has 0 saturated carbocycles. The molecule has 0 aliphatic rings. The number of hydrogen-bond acceptors (Lipinski definition) is 6. The van der Waals surface area contributed by atoms with Crippen LogP contribution in [0.15, 0.2) is 23.4 Å². The highest BCUT2D eigenvalue weighted by Crippen LogP contribution is 2.25. The van der Waals surface area contributed by atoms with E-state index in [0.29, 0.717) is 21.7 Å². The van der Waals surface area contributed by atoms with Crippen molar-refractivity contribution in [1.29, 1.82) is 0 Å². The van der Waals surface area contributed by atoms with Crippen LogP contribution < -0.4 is 4.74 Å². The Kier molecular flexibility index (Phi) is 5.22. The summed E-state index contributed by atoms with van der Waals surface area (Å²) in [6.45, 7) is 2.12. The van der Waals surface area contributed by atoms with Crippen LogP contribution in [0.5, 0.6) is 5.75 Å². The number of aliphatic hydroxyl groups is 1. The highest BCUT2D eigenvalue weighted by Gasteiger charge is 2.11. The first kappa shape index (κ1) is 15.1. The van der Waals surface area contributed by atoms with Crippen LogP contribution >= 0.6 is 23.4 Å². The molecule has 0 aliphatic carbocycles. The Balaban J connectivity index is 1.81. The number of aromatic nitrogens is 4. The van der Waals surface area contributed by atoms with Gasteiger partial charge in [-0.15, -0.1) is 5.10 Å². The molecule has 0 spiro atoms. The number of hydrogen-bond donors (Lipinski definition) is 1.